The summed E-state index contributed by atoms with van der Waals surface area (Å²) in [6.07, 6.45) is 0. The van der Waals surface area contributed by atoms with Crippen LogP contribution < -0.4 is 4.74 Å². The van der Waals surface area contributed by atoms with Gasteiger partial charge in [0.1, 0.15) is 5.75 Å². The first-order valence-corrected chi connectivity index (χ1v) is 5.88. The Morgan fingerprint density at radius 2 is 1.61 bits per heavy atom. The number of rotatable bonds is 3. The van der Waals surface area contributed by atoms with Gasteiger partial charge in [-0.25, -0.2) is 0 Å². The Balaban J connectivity index is 2.39. The van der Waals surface area contributed by atoms with Gasteiger partial charge < -0.3 is 4.74 Å². The van der Waals surface area contributed by atoms with Gasteiger partial charge in [-0.05, 0) is 42.7 Å². The molecule has 0 spiro atoms. The summed E-state index contributed by atoms with van der Waals surface area (Å²) in [5, 5.41) is 0. The van der Waals surface area contributed by atoms with Gasteiger partial charge in [0, 0.05) is 5.56 Å². The van der Waals surface area contributed by atoms with Gasteiger partial charge in [0.2, 0.25) is 0 Å². The first-order chi connectivity index (χ1) is 8.61. The minimum atomic E-state index is 0.105. The van der Waals surface area contributed by atoms with Crippen molar-refractivity contribution < 1.29 is 9.53 Å². The van der Waals surface area contributed by atoms with Crippen molar-refractivity contribution in [2.45, 2.75) is 13.8 Å². The van der Waals surface area contributed by atoms with Gasteiger partial charge in [-0.15, -0.1) is 0 Å². The fourth-order valence-electron chi connectivity index (χ4n) is 2.02. The molecule has 0 aromatic heterocycles. The minimum absolute atomic E-state index is 0.105. The number of aryl methyl sites for hydroxylation is 1. The van der Waals surface area contributed by atoms with E-state index in [9.17, 15) is 4.79 Å². The van der Waals surface area contributed by atoms with Crippen LogP contribution in [0.3, 0.4) is 0 Å². The maximum Gasteiger partial charge on any atom is 0.160 e. The van der Waals surface area contributed by atoms with Crippen LogP contribution in [0.5, 0.6) is 5.75 Å². The van der Waals surface area contributed by atoms with Crippen LogP contribution in [0.2, 0.25) is 0 Å². The second-order valence-electron chi connectivity index (χ2n) is 4.31. The highest BCUT2D eigenvalue weighted by Crippen LogP contribution is 2.24. The molecule has 0 aliphatic carbocycles. The molecule has 0 unspecified atom stereocenters. The molecule has 0 atom stereocenters. The van der Waals surface area contributed by atoms with Gasteiger partial charge in [-0.1, -0.05) is 30.3 Å². The largest absolute Gasteiger partial charge is 0.497 e. The van der Waals surface area contributed by atoms with E-state index < -0.39 is 0 Å². The first kappa shape index (κ1) is 12.4. The van der Waals surface area contributed by atoms with Crippen LogP contribution in [0, 0.1) is 6.92 Å². The lowest BCUT2D eigenvalue weighted by molar-refractivity contribution is 0.101. The van der Waals surface area contributed by atoms with Crippen molar-refractivity contribution in [2.75, 3.05) is 7.11 Å². The van der Waals surface area contributed by atoms with E-state index in [1.54, 1.807) is 14.0 Å². The second-order valence-corrected chi connectivity index (χ2v) is 4.31. The summed E-state index contributed by atoms with van der Waals surface area (Å²) < 4.78 is 5.13. The van der Waals surface area contributed by atoms with Gasteiger partial charge in [-0.2, -0.15) is 0 Å². The monoisotopic (exact) mass is 240 g/mol. The molecule has 0 heterocycles. The molecule has 0 fully saturated rings. The van der Waals surface area contributed by atoms with Crippen molar-refractivity contribution in [3.8, 4) is 16.9 Å². The number of benzene rings is 2. The summed E-state index contributed by atoms with van der Waals surface area (Å²) in [5.41, 5.74) is 4.03. The molecule has 2 nitrogen and oxygen atoms in total. The van der Waals surface area contributed by atoms with Gasteiger partial charge in [-0.3, -0.25) is 4.79 Å². The smallest absolute Gasteiger partial charge is 0.160 e. The van der Waals surface area contributed by atoms with Crippen LogP contribution in [0.1, 0.15) is 22.8 Å². The Hall–Kier alpha value is -2.09. The molecule has 2 aromatic rings. The summed E-state index contributed by atoms with van der Waals surface area (Å²) >= 11 is 0. The zero-order valence-electron chi connectivity index (χ0n) is 10.9. The molecule has 0 aliphatic rings. The molecule has 0 aliphatic heterocycles. The standard InChI is InChI=1S/C16H16O2/c1-11-10-14(6-9-16(11)12(2)17)13-4-7-15(18-3)8-5-13/h4-10H,1-3H3. The lowest BCUT2D eigenvalue weighted by Crippen LogP contribution is -1.95. The van der Waals surface area contributed by atoms with Crippen LogP contribution in [0.25, 0.3) is 11.1 Å². The number of hydrogen-bond donors (Lipinski definition) is 0. The molecule has 18 heavy (non-hydrogen) atoms. The fraction of sp³-hybridized carbons (Fsp3) is 0.188. The van der Waals surface area contributed by atoms with E-state index in [1.165, 1.54) is 0 Å². The zero-order valence-corrected chi connectivity index (χ0v) is 10.9. The molecule has 0 radical (unpaired) electrons. The first-order valence-electron chi connectivity index (χ1n) is 5.88. The summed E-state index contributed by atoms with van der Waals surface area (Å²) in [7, 11) is 1.65. The molecule has 92 valence electrons. The predicted octanol–water partition coefficient (Wildman–Crippen LogP) is 3.87. The normalized spacial score (nSPS) is 10.2. The lowest BCUT2D eigenvalue weighted by atomic mass is 9.98. The number of Topliss-reactive ketones (excluding diaryl/α,β-unsaturated/α-hetero) is 1. The molecular weight excluding hydrogens is 224 g/mol. The summed E-state index contributed by atoms with van der Waals surface area (Å²) in [6, 6.07) is 13.8. The fourth-order valence-corrected chi connectivity index (χ4v) is 2.02. The van der Waals surface area contributed by atoms with E-state index in [4.69, 9.17) is 4.74 Å². The van der Waals surface area contributed by atoms with Gasteiger partial charge in [0.25, 0.3) is 0 Å². The Labute approximate surface area is 107 Å². The van der Waals surface area contributed by atoms with E-state index in [0.717, 1.165) is 28.0 Å². The topological polar surface area (TPSA) is 26.3 Å². The van der Waals surface area contributed by atoms with E-state index >= 15 is 0 Å². The molecule has 2 aromatic carbocycles. The zero-order chi connectivity index (χ0) is 13.1. The van der Waals surface area contributed by atoms with Gasteiger partial charge in [0.05, 0.1) is 7.11 Å². The third-order valence-corrected chi connectivity index (χ3v) is 3.03. The number of ether oxygens (including phenoxy) is 1. The average Bonchev–Trinajstić information content (AvgIpc) is 2.38. The third-order valence-electron chi connectivity index (χ3n) is 3.03. The highest BCUT2D eigenvalue weighted by molar-refractivity contribution is 5.96. The maximum atomic E-state index is 11.4. The molecule has 0 N–H and O–H groups in total. The van der Waals surface area contributed by atoms with Crippen molar-refractivity contribution in [3.63, 3.8) is 0 Å². The Kier molecular flexibility index (Phi) is 3.47. The quantitative estimate of drug-likeness (QED) is 0.761. The van der Waals surface area contributed by atoms with Crippen molar-refractivity contribution in [1.29, 1.82) is 0 Å². The molecule has 2 rings (SSSR count). The number of carbonyl (C=O) groups excluding carboxylic acids is 1. The number of carbonyl (C=O) groups is 1. The van der Waals surface area contributed by atoms with Crippen LogP contribution in [-0.2, 0) is 0 Å². The van der Waals surface area contributed by atoms with Crippen LogP contribution in [0.4, 0.5) is 0 Å². The lowest BCUT2D eigenvalue weighted by Gasteiger charge is -2.07. The van der Waals surface area contributed by atoms with Crippen LogP contribution in [-0.4, -0.2) is 12.9 Å². The number of hydrogen-bond acceptors (Lipinski definition) is 2. The van der Waals surface area contributed by atoms with Gasteiger partial charge in [0.15, 0.2) is 5.78 Å². The number of ketones is 1. The maximum absolute atomic E-state index is 11.4. The molecular formula is C16H16O2. The third kappa shape index (κ3) is 2.43. The van der Waals surface area contributed by atoms with Crippen molar-refractivity contribution in [1.82, 2.24) is 0 Å². The second kappa shape index (κ2) is 5.05. The van der Waals surface area contributed by atoms with Crippen molar-refractivity contribution in [3.05, 3.63) is 53.6 Å². The van der Waals surface area contributed by atoms with Crippen LogP contribution in [0.15, 0.2) is 42.5 Å². The minimum Gasteiger partial charge on any atom is -0.497 e. The van der Waals surface area contributed by atoms with E-state index in [1.807, 2.05) is 49.4 Å². The Bertz CT molecular complexity index is 568. The van der Waals surface area contributed by atoms with Crippen molar-refractivity contribution in [2.24, 2.45) is 0 Å². The summed E-state index contributed by atoms with van der Waals surface area (Å²) in [5.74, 6) is 0.949. The van der Waals surface area contributed by atoms with Crippen molar-refractivity contribution >= 4 is 5.78 Å². The van der Waals surface area contributed by atoms with Gasteiger partial charge >= 0.3 is 0 Å². The highest BCUT2D eigenvalue weighted by Gasteiger charge is 2.05. The SMILES string of the molecule is COc1ccc(-c2ccc(C(C)=O)c(C)c2)cc1. The van der Waals surface area contributed by atoms with E-state index in [0.29, 0.717) is 0 Å². The highest BCUT2D eigenvalue weighted by atomic mass is 16.5. The van der Waals surface area contributed by atoms with E-state index in [-0.39, 0.29) is 5.78 Å². The Morgan fingerprint density at radius 1 is 1.00 bits per heavy atom. The summed E-state index contributed by atoms with van der Waals surface area (Å²) in [4.78, 5) is 11.4. The molecule has 0 saturated heterocycles. The molecule has 0 bridgehead atoms. The Morgan fingerprint density at radius 3 is 2.11 bits per heavy atom. The average molecular weight is 240 g/mol. The number of methoxy groups -OCH3 is 1. The molecule has 2 heteroatoms. The molecule has 0 saturated carbocycles. The molecule has 0 amide bonds. The van der Waals surface area contributed by atoms with E-state index in [2.05, 4.69) is 0 Å². The predicted molar refractivity (Wildman–Crippen MR) is 73.2 cm³/mol. The van der Waals surface area contributed by atoms with Crippen LogP contribution >= 0.6 is 0 Å². The summed E-state index contributed by atoms with van der Waals surface area (Å²) in [6.45, 7) is 3.55.